The van der Waals surface area contributed by atoms with Crippen LogP contribution < -0.4 is 5.56 Å². The standard InChI is InChI=1S/C21H17Cl2N3O4/c1-29-21(28)20(25-30-2)15-6-4-3-5-14(15)12-26-19(27)10-9-18(24-26)13-7-8-16(22)17(23)11-13/h3-11H,12H2,1-2H3. The summed E-state index contributed by atoms with van der Waals surface area (Å²) < 4.78 is 6.08. The summed E-state index contributed by atoms with van der Waals surface area (Å²) in [6.45, 7) is 0.101. The maximum Gasteiger partial charge on any atom is 0.360 e. The summed E-state index contributed by atoms with van der Waals surface area (Å²) >= 11 is 12.1. The molecule has 2 aromatic carbocycles. The van der Waals surface area contributed by atoms with Crippen molar-refractivity contribution in [1.29, 1.82) is 0 Å². The Bertz CT molecular complexity index is 1170. The number of nitrogens with zero attached hydrogens (tertiary/aromatic N) is 3. The van der Waals surface area contributed by atoms with Crippen molar-refractivity contribution in [1.82, 2.24) is 9.78 Å². The van der Waals surface area contributed by atoms with Crippen LogP contribution >= 0.6 is 23.2 Å². The number of ether oxygens (including phenoxy) is 1. The van der Waals surface area contributed by atoms with Crippen LogP contribution in [0.1, 0.15) is 11.1 Å². The highest BCUT2D eigenvalue weighted by atomic mass is 35.5. The number of carbonyl (C=O) groups excluding carboxylic acids is 1. The van der Waals surface area contributed by atoms with Gasteiger partial charge in [-0.1, -0.05) is 58.7 Å². The Kier molecular flexibility index (Phi) is 6.87. The summed E-state index contributed by atoms with van der Waals surface area (Å²) in [4.78, 5) is 29.4. The Hall–Kier alpha value is -3.16. The molecule has 3 rings (SSSR count). The molecule has 0 bridgehead atoms. The number of carbonyl (C=O) groups is 1. The molecule has 1 heterocycles. The minimum atomic E-state index is -0.658. The van der Waals surface area contributed by atoms with E-state index in [4.69, 9.17) is 32.8 Å². The van der Waals surface area contributed by atoms with Crippen LogP contribution in [-0.2, 0) is 20.9 Å². The van der Waals surface area contributed by atoms with E-state index in [0.29, 0.717) is 32.4 Å². The highest BCUT2D eigenvalue weighted by Gasteiger charge is 2.19. The Morgan fingerprint density at radius 2 is 1.83 bits per heavy atom. The molecule has 0 radical (unpaired) electrons. The molecule has 0 spiro atoms. The van der Waals surface area contributed by atoms with Crippen molar-refractivity contribution in [2.75, 3.05) is 14.2 Å². The molecule has 3 aromatic rings. The van der Waals surface area contributed by atoms with Gasteiger partial charge >= 0.3 is 5.97 Å². The molecule has 0 aliphatic carbocycles. The molecule has 0 saturated carbocycles. The van der Waals surface area contributed by atoms with Gasteiger partial charge in [-0.05, 0) is 23.8 Å². The van der Waals surface area contributed by atoms with Crippen LogP contribution in [0.25, 0.3) is 11.3 Å². The minimum Gasteiger partial charge on any atom is -0.464 e. The van der Waals surface area contributed by atoms with Crippen LogP contribution in [0.2, 0.25) is 10.0 Å². The van der Waals surface area contributed by atoms with Gasteiger partial charge in [-0.3, -0.25) is 4.79 Å². The summed E-state index contributed by atoms with van der Waals surface area (Å²) in [6.07, 6.45) is 0. The highest BCUT2D eigenvalue weighted by Crippen LogP contribution is 2.27. The zero-order chi connectivity index (χ0) is 21.7. The molecule has 0 amide bonds. The number of aromatic nitrogens is 2. The molecular weight excluding hydrogens is 429 g/mol. The van der Waals surface area contributed by atoms with Gasteiger partial charge in [0, 0.05) is 17.2 Å². The van der Waals surface area contributed by atoms with Gasteiger partial charge in [0.2, 0.25) is 0 Å². The maximum absolute atomic E-state index is 12.4. The lowest BCUT2D eigenvalue weighted by Crippen LogP contribution is -2.25. The molecular formula is C21H17Cl2N3O4. The Labute approximate surface area is 182 Å². The van der Waals surface area contributed by atoms with Crippen molar-refractivity contribution in [2.24, 2.45) is 5.16 Å². The highest BCUT2D eigenvalue weighted by molar-refractivity contribution is 6.43. The first-order valence-corrected chi connectivity index (χ1v) is 9.51. The van der Waals surface area contributed by atoms with Gasteiger partial charge in [0.05, 0.1) is 29.4 Å². The molecule has 0 saturated heterocycles. The van der Waals surface area contributed by atoms with Crippen molar-refractivity contribution in [3.63, 3.8) is 0 Å². The van der Waals surface area contributed by atoms with Gasteiger partial charge in [-0.15, -0.1) is 0 Å². The van der Waals surface area contributed by atoms with Crippen LogP contribution in [0.5, 0.6) is 0 Å². The summed E-state index contributed by atoms with van der Waals surface area (Å²) in [7, 11) is 2.58. The van der Waals surface area contributed by atoms with Crippen molar-refractivity contribution < 1.29 is 14.4 Å². The van der Waals surface area contributed by atoms with E-state index in [1.807, 2.05) is 0 Å². The average molecular weight is 446 g/mol. The first-order valence-electron chi connectivity index (χ1n) is 8.76. The molecule has 0 aliphatic heterocycles. The fourth-order valence-corrected chi connectivity index (χ4v) is 3.10. The number of hydrogen-bond acceptors (Lipinski definition) is 6. The normalized spacial score (nSPS) is 11.3. The largest absolute Gasteiger partial charge is 0.464 e. The molecule has 154 valence electrons. The number of rotatable bonds is 6. The van der Waals surface area contributed by atoms with Gasteiger partial charge in [0.1, 0.15) is 7.11 Å². The lowest BCUT2D eigenvalue weighted by Gasteiger charge is -2.12. The third-order valence-corrected chi connectivity index (χ3v) is 4.97. The lowest BCUT2D eigenvalue weighted by molar-refractivity contribution is -0.132. The first-order chi connectivity index (χ1) is 14.4. The topological polar surface area (TPSA) is 82.8 Å². The van der Waals surface area contributed by atoms with E-state index in [1.54, 1.807) is 48.5 Å². The van der Waals surface area contributed by atoms with Crippen LogP contribution in [-0.4, -0.2) is 35.7 Å². The van der Waals surface area contributed by atoms with Crippen molar-refractivity contribution in [3.05, 3.63) is 86.1 Å². The summed E-state index contributed by atoms with van der Waals surface area (Å²) in [5, 5.41) is 9.03. The fourth-order valence-electron chi connectivity index (χ4n) is 2.81. The molecule has 0 unspecified atom stereocenters. The average Bonchev–Trinajstić information content (AvgIpc) is 2.75. The van der Waals surface area contributed by atoms with Crippen molar-refractivity contribution in [2.45, 2.75) is 6.54 Å². The van der Waals surface area contributed by atoms with Crippen LogP contribution in [0.3, 0.4) is 0 Å². The Balaban J connectivity index is 2.03. The number of esters is 1. The molecule has 0 N–H and O–H groups in total. The zero-order valence-corrected chi connectivity index (χ0v) is 17.6. The van der Waals surface area contributed by atoms with Gasteiger partial charge in [0.15, 0.2) is 5.71 Å². The van der Waals surface area contributed by atoms with Gasteiger partial charge in [0.25, 0.3) is 5.56 Å². The van der Waals surface area contributed by atoms with Gasteiger partial charge in [-0.2, -0.15) is 5.10 Å². The number of benzene rings is 2. The monoisotopic (exact) mass is 445 g/mol. The van der Waals surface area contributed by atoms with Gasteiger partial charge < -0.3 is 9.57 Å². The molecule has 7 nitrogen and oxygen atoms in total. The van der Waals surface area contributed by atoms with Crippen molar-refractivity contribution >= 4 is 34.9 Å². The van der Waals surface area contributed by atoms with Crippen LogP contribution in [0, 0.1) is 0 Å². The second-order valence-electron chi connectivity index (χ2n) is 6.11. The number of oxime groups is 1. The molecule has 30 heavy (non-hydrogen) atoms. The Morgan fingerprint density at radius 3 is 2.53 bits per heavy atom. The molecule has 1 aromatic heterocycles. The second-order valence-corrected chi connectivity index (χ2v) is 6.93. The van der Waals surface area contributed by atoms with Crippen LogP contribution in [0.4, 0.5) is 0 Å². The smallest absolute Gasteiger partial charge is 0.360 e. The Morgan fingerprint density at radius 1 is 1.07 bits per heavy atom. The fraction of sp³-hybridized carbons (Fsp3) is 0.143. The zero-order valence-electron chi connectivity index (χ0n) is 16.1. The molecule has 0 fully saturated rings. The lowest BCUT2D eigenvalue weighted by atomic mass is 10.0. The third kappa shape index (κ3) is 4.69. The second kappa shape index (κ2) is 9.56. The summed E-state index contributed by atoms with van der Waals surface area (Å²) in [5.41, 5.74) is 2.05. The predicted octanol–water partition coefficient (Wildman–Crippen LogP) is 3.79. The van der Waals surface area contributed by atoms with E-state index in [-0.39, 0.29) is 17.8 Å². The maximum atomic E-state index is 12.4. The third-order valence-electron chi connectivity index (χ3n) is 4.24. The van der Waals surface area contributed by atoms with E-state index < -0.39 is 5.97 Å². The first kappa shape index (κ1) is 21.5. The van der Waals surface area contributed by atoms with Crippen molar-refractivity contribution in [3.8, 4) is 11.3 Å². The van der Waals surface area contributed by atoms with E-state index >= 15 is 0 Å². The SMILES string of the molecule is CON=C(C(=O)OC)c1ccccc1Cn1nc(-c2ccc(Cl)c(Cl)c2)ccc1=O. The van der Waals surface area contributed by atoms with E-state index in [1.165, 1.54) is 25.0 Å². The van der Waals surface area contributed by atoms with Crippen LogP contribution in [0.15, 0.2) is 64.5 Å². The predicted molar refractivity (Wildman–Crippen MR) is 115 cm³/mol. The summed E-state index contributed by atoms with van der Waals surface area (Å²) in [5.74, 6) is -0.658. The van der Waals surface area contributed by atoms with E-state index in [9.17, 15) is 9.59 Å². The molecule has 0 aliphatic rings. The number of methoxy groups -OCH3 is 1. The number of halogens is 2. The molecule has 0 atom stereocenters. The van der Waals surface area contributed by atoms with Gasteiger partial charge in [-0.25, -0.2) is 9.48 Å². The quantitative estimate of drug-likeness (QED) is 0.327. The molecule has 9 heteroatoms. The number of hydrogen-bond donors (Lipinski definition) is 0. The van der Waals surface area contributed by atoms with E-state index in [0.717, 1.165) is 0 Å². The minimum absolute atomic E-state index is 0.00992. The van der Waals surface area contributed by atoms with E-state index in [2.05, 4.69) is 10.3 Å². The summed E-state index contributed by atoms with van der Waals surface area (Å²) in [6, 6.07) is 15.1.